The van der Waals surface area contributed by atoms with Crippen molar-refractivity contribution in [1.29, 1.82) is 0 Å². The first-order valence-electron chi connectivity index (χ1n) is 10.7. The smallest absolute Gasteiger partial charge is 0.320 e. The van der Waals surface area contributed by atoms with Crippen molar-refractivity contribution in [3.05, 3.63) is 70.7 Å². The van der Waals surface area contributed by atoms with Crippen LogP contribution in [-0.2, 0) is 23.9 Å². The maximum atomic E-state index is 13.5. The normalized spacial score (nSPS) is 19.8. The van der Waals surface area contributed by atoms with Crippen LogP contribution in [-0.4, -0.2) is 48.8 Å². The van der Waals surface area contributed by atoms with Gasteiger partial charge in [-0.05, 0) is 56.5 Å². The Morgan fingerprint density at radius 3 is 2.15 bits per heavy atom. The number of ether oxygens (including phenoxy) is 2. The van der Waals surface area contributed by atoms with Gasteiger partial charge in [0, 0.05) is 16.5 Å². The number of carbonyl (C=O) groups is 3. The van der Waals surface area contributed by atoms with Gasteiger partial charge < -0.3 is 9.47 Å². The highest BCUT2D eigenvalue weighted by Crippen LogP contribution is 2.42. The number of esters is 2. The predicted octanol–water partition coefficient (Wildman–Crippen LogP) is 4.40. The molecule has 1 fully saturated rings. The number of hydroxylamine groups is 2. The van der Waals surface area contributed by atoms with Gasteiger partial charge >= 0.3 is 11.9 Å². The van der Waals surface area contributed by atoms with E-state index in [4.69, 9.17) is 25.9 Å². The molecule has 1 amide bonds. The zero-order chi connectivity index (χ0) is 24.2. The number of carbonyl (C=O) groups excluding carboxylic acids is 3. The first kappa shape index (κ1) is 24.7. The van der Waals surface area contributed by atoms with Crippen molar-refractivity contribution in [3.8, 4) is 0 Å². The van der Waals surface area contributed by atoms with Crippen LogP contribution in [0.4, 0.5) is 0 Å². The topological polar surface area (TPSA) is 82.1 Å². The van der Waals surface area contributed by atoms with Gasteiger partial charge in [-0.25, -0.2) is 5.06 Å². The van der Waals surface area contributed by atoms with Crippen molar-refractivity contribution in [1.82, 2.24) is 5.06 Å². The second-order valence-corrected chi connectivity index (χ2v) is 9.05. The lowest BCUT2D eigenvalue weighted by Gasteiger charge is -2.48. The van der Waals surface area contributed by atoms with Crippen LogP contribution in [0.15, 0.2) is 54.6 Å². The minimum absolute atomic E-state index is 0.0265. The summed E-state index contributed by atoms with van der Waals surface area (Å²) in [6.07, 6.45) is 0.522. The molecule has 3 rings (SSSR count). The van der Waals surface area contributed by atoms with E-state index in [1.165, 1.54) is 19.3 Å². The Morgan fingerprint density at radius 1 is 1.03 bits per heavy atom. The van der Waals surface area contributed by atoms with Gasteiger partial charge in [-0.2, -0.15) is 0 Å². The van der Waals surface area contributed by atoms with Gasteiger partial charge in [0.15, 0.2) is 5.92 Å². The van der Waals surface area contributed by atoms with Crippen molar-refractivity contribution >= 4 is 29.4 Å². The fourth-order valence-corrected chi connectivity index (χ4v) is 4.35. The number of amides is 1. The average Bonchev–Trinajstić information content (AvgIpc) is 2.82. The van der Waals surface area contributed by atoms with E-state index in [1.54, 1.807) is 36.4 Å². The van der Waals surface area contributed by atoms with Crippen LogP contribution < -0.4 is 0 Å². The summed E-state index contributed by atoms with van der Waals surface area (Å²) in [5.74, 6) is -3.27. The molecule has 2 aromatic carbocycles. The quantitative estimate of drug-likeness (QED) is 0.457. The number of halogens is 1. The molecule has 0 saturated carbocycles. The number of methoxy groups -OCH3 is 2. The minimum atomic E-state index is -1.21. The number of hydrogen-bond acceptors (Lipinski definition) is 6. The van der Waals surface area contributed by atoms with E-state index < -0.39 is 29.5 Å². The lowest BCUT2D eigenvalue weighted by molar-refractivity contribution is -0.259. The molecule has 7 nitrogen and oxygen atoms in total. The zero-order valence-corrected chi connectivity index (χ0v) is 19.9. The van der Waals surface area contributed by atoms with Crippen molar-refractivity contribution in [3.63, 3.8) is 0 Å². The van der Waals surface area contributed by atoms with E-state index in [0.29, 0.717) is 17.0 Å². The molecule has 176 valence electrons. The van der Waals surface area contributed by atoms with E-state index in [0.717, 1.165) is 5.56 Å². The van der Waals surface area contributed by atoms with E-state index in [-0.39, 0.29) is 18.2 Å². The Hall–Kier alpha value is -2.90. The van der Waals surface area contributed by atoms with Crippen LogP contribution in [0, 0.1) is 5.92 Å². The molecule has 0 aliphatic carbocycles. The van der Waals surface area contributed by atoms with Gasteiger partial charge in [-0.3, -0.25) is 19.2 Å². The summed E-state index contributed by atoms with van der Waals surface area (Å²) in [4.78, 5) is 44.6. The van der Waals surface area contributed by atoms with Gasteiger partial charge in [0.05, 0.1) is 25.9 Å². The van der Waals surface area contributed by atoms with Gasteiger partial charge in [-0.1, -0.05) is 41.9 Å². The fraction of sp³-hybridized carbons (Fsp3) is 0.400. The standard InChI is InChI=1S/C25H28ClNO6/c1-25(2)15-20(16-10-12-18(26)13-11-16)21(14-19(23(29)31-3)24(30)32-4)27(33-25)22(28)17-8-6-5-7-9-17/h5-13,19-21H,14-15H2,1-4H3/t20-,21-/m0/s1. The molecule has 2 aromatic rings. The van der Waals surface area contributed by atoms with Crippen LogP contribution in [0.2, 0.25) is 5.02 Å². The van der Waals surface area contributed by atoms with Crippen LogP contribution in [0.5, 0.6) is 0 Å². The molecule has 1 aliphatic rings. The third-order valence-electron chi connectivity index (χ3n) is 5.79. The summed E-state index contributed by atoms with van der Waals surface area (Å²) in [6.45, 7) is 3.80. The van der Waals surface area contributed by atoms with Gasteiger partial charge in [0.2, 0.25) is 0 Å². The summed E-state index contributed by atoms with van der Waals surface area (Å²) in [5, 5.41) is 1.89. The Kier molecular flexibility index (Phi) is 7.76. The number of hydrogen-bond donors (Lipinski definition) is 0. The molecular weight excluding hydrogens is 446 g/mol. The van der Waals surface area contributed by atoms with Gasteiger partial charge in [0.25, 0.3) is 5.91 Å². The molecule has 0 radical (unpaired) electrons. The Labute approximate surface area is 198 Å². The molecular formula is C25H28ClNO6. The molecule has 0 unspecified atom stereocenters. The summed E-state index contributed by atoms with van der Waals surface area (Å²) in [7, 11) is 2.42. The third-order valence-corrected chi connectivity index (χ3v) is 6.04. The molecule has 1 saturated heterocycles. The van der Waals surface area contributed by atoms with Gasteiger partial charge in [-0.15, -0.1) is 0 Å². The van der Waals surface area contributed by atoms with E-state index >= 15 is 0 Å². The molecule has 0 N–H and O–H groups in total. The zero-order valence-electron chi connectivity index (χ0n) is 19.1. The maximum Gasteiger partial charge on any atom is 0.320 e. The predicted molar refractivity (Wildman–Crippen MR) is 123 cm³/mol. The first-order valence-corrected chi connectivity index (χ1v) is 11.0. The van der Waals surface area contributed by atoms with Crippen LogP contribution >= 0.6 is 11.6 Å². The van der Waals surface area contributed by atoms with Crippen LogP contribution in [0.3, 0.4) is 0 Å². The Bertz CT molecular complexity index is 976. The first-order chi connectivity index (χ1) is 15.7. The van der Waals surface area contributed by atoms with E-state index in [9.17, 15) is 14.4 Å². The molecule has 2 atom stereocenters. The number of nitrogens with zero attached hydrogens (tertiary/aromatic N) is 1. The second kappa shape index (κ2) is 10.4. The lowest BCUT2D eigenvalue weighted by atomic mass is 9.77. The van der Waals surface area contributed by atoms with Crippen LogP contribution in [0.1, 0.15) is 48.5 Å². The van der Waals surface area contributed by atoms with Crippen molar-refractivity contribution in [2.45, 2.75) is 44.2 Å². The van der Waals surface area contributed by atoms with Gasteiger partial charge in [0.1, 0.15) is 0 Å². The Balaban J connectivity index is 2.09. The SMILES string of the molecule is COC(=O)C(C[C@H]1[C@H](c2ccc(Cl)cc2)CC(C)(C)ON1C(=O)c1ccccc1)C(=O)OC. The number of rotatable bonds is 6. The summed E-state index contributed by atoms with van der Waals surface area (Å²) in [5.41, 5.74) is 0.667. The minimum Gasteiger partial charge on any atom is -0.468 e. The summed E-state index contributed by atoms with van der Waals surface area (Å²) >= 11 is 6.10. The van der Waals surface area contributed by atoms with Crippen molar-refractivity contribution < 1.29 is 28.7 Å². The molecule has 0 aromatic heterocycles. The lowest BCUT2D eigenvalue weighted by Crippen LogP contribution is -2.55. The van der Waals surface area contributed by atoms with E-state index in [1.807, 2.05) is 32.0 Å². The highest BCUT2D eigenvalue weighted by atomic mass is 35.5. The molecule has 33 heavy (non-hydrogen) atoms. The number of benzene rings is 2. The molecule has 0 bridgehead atoms. The average molecular weight is 474 g/mol. The largest absolute Gasteiger partial charge is 0.468 e. The third kappa shape index (κ3) is 5.72. The molecule has 1 heterocycles. The summed E-state index contributed by atoms with van der Waals surface area (Å²) < 4.78 is 9.71. The highest BCUT2D eigenvalue weighted by molar-refractivity contribution is 6.30. The van der Waals surface area contributed by atoms with E-state index in [2.05, 4.69) is 0 Å². The van der Waals surface area contributed by atoms with Crippen molar-refractivity contribution in [2.75, 3.05) is 14.2 Å². The fourth-order valence-electron chi connectivity index (χ4n) is 4.22. The monoisotopic (exact) mass is 473 g/mol. The molecule has 0 spiro atoms. The molecule has 8 heteroatoms. The Morgan fingerprint density at radius 2 is 1.61 bits per heavy atom. The molecule has 1 aliphatic heterocycles. The second-order valence-electron chi connectivity index (χ2n) is 8.61. The highest BCUT2D eigenvalue weighted by Gasteiger charge is 2.47. The summed E-state index contributed by atoms with van der Waals surface area (Å²) in [6, 6.07) is 15.4. The van der Waals surface area contributed by atoms with Crippen LogP contribution in [0.25, 0.3) is 0 Å². The van der Waals surface area contributed by atoms with Crippen molar-refractivity contribution in [2.24, 2.45) is 5.92 Å². The maximum absolute atomic E-state index is 13.5.